The molecule has 0 aliphatic heterocycles. The van der Waals surface area contributed by atoms with E-state index in [0.717, 1.165) is 4.47 Å². The van der Waals surface area contributed by atoms with Crippen LogP contribution in [0.15, 0.2) is 22.7 Å². The molecule has 0 saturated carbocycles. The molecule has 0 bridgehead atoms. The maximum atomic E-state index is 11.7. The largest absolute Gasteiger partial charge is 0.467 e. The second-order valence-corrected chi connectivity index (χ2v) is 5.11. The van der Waals surface area contributed by atoms with E-state index in [1.807, 2.05) is 13.8 Å². The first-order valence-corrected chi connectivity index (χ1v) is 6.33. The summed E-state index contributed by atoms with van der Waals surface area (Å²) >= 11 is 3.34. The molecule has 0 aliphatic carbocycles. The Morgan fingerprint density at radius 2 is 2.17 bits per heavy atom. The van der Waals surface area contributed by atoms with Gasteiger partial charge >= 0.3 is 5.97 Å². The van der Waals surface area contributed by atoms with Crippen molar-refractivity contribution in [2.75, 3.05) is 12.4 Å². The van der Waals surface area contributed by atoms with Crippen molar-refractivity contribution in [1.29, 1.82) is 5.26 Å². The lowest BCUT2D eigenvalue weighted by atomic mass is 10.0. The summed E-state index contributed by atoms with van der Waals surface area (Å²) in [6.45, 7) is 3.83. The molecule has 1 aromatic carbocycles. The van der Waals surface area contributed by atoms with Crippen molar-refractivity contribution in [2.45, 2.75) is 19.9 Å². The zero-order valence-electron chi connectivity index (χ0n) is 10.5. The molecule has 0 spiro atoms. The number of nitrogens with one attached hydrogen (secondary N) is 1. The lowest BCUT2D eigenvalue weighted by molar-refractivity contribution is -0.142. The maximum absolute atomic E-state index is 11.7. The van der Waals surface area contributed by atoms with E-state index in [9.17, 15) is 4.79 Å². The van der Waals surface area contributed by atoms with E-state index in [0.29, 0.717) is 11.3 Å². The summed E-state index contributed by atoms with van der Waals surface area (Å²) in [6.07, 6.45) is 0. The molecule has 0 saturated heterocycles. The average Bonchev–Trinajstić information content (AvgIpc) is 2.34. The van der Waals surface area contributed by atoms with Crippen LogP contribution in [0, 0.1) is 17.2 Å². The predicted octanol–water partition coefficient (Wildman–Crippen LogP) is 2.93. The van der Waals surface area contributed by atoms with Gasteiger partial charge in [-0.3, -0.25) is 0 Å². The molecule has 0 radical (unpaired) electrons. The van der Waals surface area contributed by atoms with Gasteiger partial charge in [0.05, 0.1) is 18.4 Å². The van der Waals surface area contributed by atoms with E-state index in [-0.39, 0.29) is 11.9 Å². The molecule has 5 heteroatoms. The van der Waals surface area contributed by atoms with Crippen molar-refractivity contribution in [3.8, 4) is 6.07 Å². The highest BCUT2D eigenvalue weighted by Crippen LogP contribution is 2.23. The number of carbonyl (C=O) groups is 1. The number of anilines is 1. The summed E-state index contributed by atoms with van der Waals surface area (Å²) in [5.74, 6) is -0.281. The molecule has 1 unspecified atom stereocenters. The summed E-state index contributed by atoms with van der Waals surface area (Å²) in [5, 5.41) is 12.1. The second kappa shape index (κ2) is 6.41. The number of esters is 1. The van der Waals surface area contributed by atoms with E-state index in [4.69, 9.17) is 10.00 Å². The molecule has 96 valence electrons. The molecule has 1 atom stereocenters. The molecule has 4 nitrogen and oxygen atoms in total. The van der Waals surface area contributed by atoms with Gasteiger partial charge in [-0.15, -0.1) is 0 Å². The fourth-order valence-corrected chi connectivity index (χ4v) is 1.89. The van der Waals surface area contributed by atoms with Crippen LogP contribution in [0.4, 0.5) is 5.69 Å². The van der Waals surface area contributed by atoms with Crippen LogP contribution in [-0.4, -0.2) is 19.1 Å². The normalized spacial score (nSPS) is 11.8. The highest BCUT2D eigenvalue weighted by atomic mass is 79.9. The molecule has 0 heterocycles. The van der Waals surface area contributed by atoms with Gasteiger partial charge in [-0.1, -0.05) is 29.8 Å². The van der Waals surface area contributed by atoms with Crippen molar-refractivity contribution in [2.24, 2.45) is 5.92 Å². The number of rotatable bonds is 4. The summed E-state index contributed by atoms with van der Waals surface area (Å²) in [5.41, 5.74) is 1.11. The molecule has 0 amide bonds. The number of methoxy groups -OCH3 is 1. The number of nitrogens with zero attached hydrogens (tertiary/aromatic N) is 1. The fourth-order valence-electron chi connectivity index (χ4n) is 1.53. The minimum atomic E-state index is -0.476. The average molecular weight is 311 g/mol. The SMILES string of the molecule is COC(=O)C(Nc1cc(Br)ccc1C#N)C(C)C. The second-order valence-electron chi connectivity index (χ2n) is 4.19. The third kappa shape index (κ3) is 3.47. The minimum absolute atomic E-state index is 0.0583. The highest BCUT2D eigenvalue weighted by molar-refractivity contribution is 9.10. The zero-order chi connectivity index (χ0) is 13.7. The molecule has 0 aliphatic rings. The number of carbonyl (C=O) groups excluding carboxylic acids is 1. The predicted molar refractivity (Wildman–Crippen MR) is 73.1 cm³/mol. The van der Waals surface area contributed by atoms with Gasteiger partial charge in [0.25, 0.3) is 0 Å². The van der Waals surface area contributed by atoms with Gasteiger partial charge in [-0.05, 0) is 24.1 Å². The van der Waals surface area contributed by atoms with Crippen LogP contribution < -0.4 is 5.32 Å². The van der Waals surface area contributed by atoms with Gasteiger partial charge in [0.2, 0.25) is 0 Å². The summed E-state index contributed by atoms with van der Waals surface area (Å²) in [4.78, 5) is 11.7. The van der Waals surface area contributed by atoms with E-state index in [1.54, 1.807) is 18.2 Å². The van der Waals surface area contributed by atoms with Crippen LogP contribution in [0.2, 0.25) is 0 Å². The number of hydrogen-bond donors (Lipinski definition) is 1. The smallest absolute Gasteiger partial charge is 0.328 e. The van der Waals surface area contributed by atoms with Gasteiger partial charge in [-0.25, -0.2) is 4.79 Å². The van der Waals surface area contributed by atoms with Gasteiger partial charge in [0.15, 0.2) is 0 Å². The van der Waals surface area contributed by atoms with Crippen molar-refractivity contribution < 1.29 is 9.53 Å². The molecule has 1 aromatic rings. The summed E-state index contributed by atoms with van der Waals surface area (Å²) in [7, 11) is 1.35. The fraction of sp³-hybridized carbons (Fsp3) is 0.385. The first kappa shape index (κ1) is 14.5. The lowest BCUT2D eigenvalue weighted by Crippen LogP contribution is -2.35. The third-order valence-corrected chi connectivity index (χ3v) is 3.03. The highest BCUT2D eigenvalue weighted by Gasteiger charge is 2.23. The molecule has 0 fully saturated rings. The van der Waals surface area contributed by atoms with Crippen molar-refractivity contribution in [1.82, 2.24) is 0 Å². The third-order valence-electron chi connectivity index (χ3n) is 2.53. The number of ether oxygens (including phenoxy) is 1. The number of hydrogen-bond acceptors (Lipinski definition) is 4. The number of halogens is 1. The molecular weight excluding hydrogens is 296 g/mol. The molecule has 18 heavy (non-hydrogen) atoms. The van der Waals surface area contributed by atoms with Gasteiger partial charge in [0.1, 0.15) is 12.1 Å². The number of benzene rings is 1. The topological polar surface area (TPSA) is 62.1 Å². The maximum Gasteiger partial charge on any atom is 0.328 e. The first-order valence-electron chi connectivity index (χ1n) is 5.53. The van der Waals surface area contributed by atoms with Crippen LogP contribution in [-0.2, 0) is 9.53 Å². The van der Waals surface area contributed by atoms with E-state index in [1.165, 1.54) is 7.11 Å². The van der Waals surface area contributed by atoms with Crippen LogP contribution in [0.5, 0.6) is 0 Å². The van der Waals surface area contributed by atoms with E-state index >= 15 is 0 Å². The molecular formula is C13H15BrN2O2. The van der Waals surface area contributed by atoms with Gasteiger partial charge < -0.3 is 10.1 Å². The Bertz CT molecular complexity index is 480. The van der Waals surface area contributed by atoms with Crippen molar-refractivity contribution in [3.05, 3.63) is 28.2 Å². The number of nitriles is 1. The summed E-state index contributed by atoms with van der Waals surface area (Å²) in [6, 6.07) is 6.87. The Labute approximate surface area is 115 Å². The Balaban J connectivity index is 3.04. The van der Waals surface area contributed by atoms with Crippen LogP contribution in [0.25, 0.3) is 0 Å². The first-order chi connectivity index (χ1) is 8.49. The lowest BCUT2D eigenvalue weighted by Gasteiger charge is -2.21. The van der Waals surface area contributed by atoms with Crippen LogP contribution in [0.3, 0.4) is 0 Å². The van der Waals surface area contributed by atoms with E-state index < -0.39 is 6.04 Å². The quantitative estimate of drug-likeness (QED) is 0.869. The van der Waals surface area contributed by atoms with Crippen LogP contribution >= 0.6 is 15.9 Å². The molecule has 1 N–H and O–H groups in total. The van der Waals surface area contributed by atoms with Gasteiger partial charge in [0, 0.05) is 4.47 Å². The standard InChI is InChI=1S/C13H15BrN2O2/c1-8(2)12(13(17)18-3)16-11-6-10(14)5-4-9(11)7-15/h4-6,8,12,16H,1-3H3. The Morgan fingerprint density at radius 3 is 2.67 bits per heavy atom. The van der Waals surface area contributed by atoms with Crippen molar-refractivity contribution in [3.63, 3.8) is 0 Å². The monoisotopic (exact) mass is 310 g/mol. The van der Waals surface area contributed by atoms with Gasteiger partial charge in [-0.2, -0.15) is 5.26 Å². The Morgan fingerprint density at radius 1 is 1.50 bits per heavy atom. The Hall–Kier alpha value is -1.54. The van der Waals surface area contributed by atoms with Crippen LogP contribution in [0.1, 0.15) is 19.4 Å². The van der Waals surface area contributed by atoms with E-state index in [2.05, 4.69) is 27.3 Å². The molecule has 0 aromatic heterocycles. The zero-order valence-corrected chi connectivity index (χ0v) is 12.1. The molecule has 1 rings (SSSR count). The Kier molecular flexibility index (Phi) is 5.17. The summed E-state index contributed by atoms with van der Waals surface area (Å²) < 4.78 is 5.60. The minimum Gasteiger partial charge on any atom is -0.467 e. The van der Waals surface area contributed by atoms with Crippen molar-refractivity contribution >= 4 is 27.6 Å².